The summed E-state index contributed by atoms with van der Waals surface area (Å²) < 4.78 is 34.5. The zero-order chi connectivity index (χ0) is 40.8. The van der Waals surface area contributed by atoms with Gasteiger partial charge in [-0.05, 0) is 43.6 Å². The van der Waals surface area contributed by atoms with Crippen LogP contribution in [0, 0.1) is 39.9 Å². The summed E-state index contributed by atoms with van der Waals surface area (Å²) in [4.78, 5) is 40.9. The lowest BCUT2D eigenvalue weighted by Crippen LogP contribution is -2.22. The van der Waals surface area contributed by atoms with E-state index in [1.54, 1.807) is 23.6 Å². The molecular formula is C36H46ClFN6O9Si2. The quantitative estimate of drug-likeness (QED) is 0.0433. The van der Waals surface area contributed by atoms with Gasteiger partial charge in [0.15, 0.2) is 0 Å². The van der Waals surface area contributed by atoms with Gasteiger partial charge in [0.25, 0.3) is 0 Å². The number of aromatic nitrogens is 4. The van der Waals surface area contributed by atoms with Crippen LogP contribution >= 0.6 is 11.6 Å². The number of aryl methyl sites for hydroxylation is 2. The van der Waals surface area contributed by atoms with Crippen LogP contribution in [0.2, 0.25) is 56.4 Å². The maximum Gasteiger partial charge on any atom is 0.313 e. The molecule has 19 heteroatoms. The Morgan fingerprint density at radius 1 is 0.800 bits per heavy atom. The van der Waals surface area contributed by atoms with Crippen LogP contribution in [0.4, 0.5) is 15.8 Å². The largest absolute Gasteiger partial charge is 0.481 e. The second kappa shape index (κ2) is 17.8. The third kappa shape index (κ3) is 11.9. The van der Waals surface area contributed by atoms with Crippen molar-refractivity contribution in [3.8, 4) is 11.5 Å². The average Bonchev–Trinajstić information content (AvgIpc) is 3.53. The first-order chi connectivity index (χ1) is 25.6. The minimum absolute atomic E-state index is 0.00336. The highest BCUT2D eigenvalue weighted by atomic mass is 35.5. The fourth-order valence-corrected chi connectivity index (χ4v) is 7.06. The second-order valence-electron chi connectivity index (χ2n) is 15.4. The van der Waals surface area contributed by atoms with Crippen molar-refractivity contribution in [3.05, 3.63) is 90.7 Å². The SMILES string of the molecule is Cc1nc2cc(F)c([N+](=O)[O-])cc2n1COCC[Si](C)(C)C.Cc1nc2cc([N+](=O)[O-])c(Oc3ccc(CC(=O)O)cc3Cl)cc2n1COCC[Si](C)(C)C. The van der Waals surface area contributed by atoms with Crippen molar-refractivity contribution in [2.24, 2.45) is 0 Å². The van der Waals surface area contributed by atoms with Crippen LogP contribution in [0.5, 0.6) is 11.5 Å². The van der Waals surface area contributed by atoms with Crippen LogP contribution in [0.25, 0.3) is 22.1 Å². The van der Waals surface area contributed by atoms with Crippen LogP contribution in [0.3, 0.4) is 0 Å². The Balaban J connectivity index is 0.000000265. The smallest absolute Gasteiger partial charge is 0.313 e. The predicted octanol–water partition coefficient (Wildman–Crippen LogP) is 9.34. The molecule has 55 heavy (non-hydrogen) atoms. The van der Waals surface area contributed by atoms with Crippen molar-refractivity contribution >= 4 is 67.2 Å². The van der Waals surface area contributed by atoms with E-state index in [4.69, 9.17) is 30.9 Å². The highest BCUT2D eigenvalue weighted by Gasteiger charge is 2.23. The van der Waals surface area contributed by atoms with Gasteiger partial charge in [-0.3, -0.25) is 25.0 Å². The van der Waals surface area contributed by atoms with Crippen LogP contribution in [-0.2, 0) is 34.2 Å². The number of fused-ring (bicyclic) bond motifs is 2. The third-order valence-corrected chi connectivity index (χ3v) is 12.1. The van der Waals surface area contributed by atoms with E-state index in [1.165, 1.54) is 24.3 Å². The number of imidazole rings is 2. The number of nitro benzene ring substituents is 2. The summed E-state index contributed by atoms with van der Waals surface area (Å²) in [6.45, 7) is 19.0. The van der Waals surface area contributed by atoms with Crippen molar-refractivity contribution in [2.45, 2.75) is 85.1 Å². The molecule has 0 radical (unpaired) electrons. The fraction of sp³-hybridized carbons (Fsp3) is 0.417. The van der Waals surface area contributed by atoms with Crippen molar-refractivity contribution in [3.63, 3.8) is 0 Å². The topological polar surface area (TPSA) is 187 Å². The molecule has 15 nitrogen and oxygen atoms in total. The molecule has 3 aromatic carbocycles. The monoisotopic (exact) mass is 816 g/mol. The van der Waals surface area contributed by atoms with Gasteiger partial charge < -0.3 is 28.5 Å². The van der Waals surface area contributed by atoms with Gasteiger partial charge in [-0.25, -0.2) is 9.97 Å². The Morgan fingerprint density at radius 3 is 1.78 bits per heavy atom. The summed E-state index contributed by atoms with van der Waals surface area (Å²) in [5, 5.41) is 31.6. The van der Waals surface area contributed by atoms with Crippen LogP contribution < -0.4 is 4.74 Å². The first-order valence-electron chi connectivity index (χ1n) is 17.4. The summed E-state index contributed by atoms with van der Waals surface area (Å²) in [5.41, 5.74) is 1.71. The molecule has 0 atom stereocenters. The number of hydrogen-bond acceptors (Lipinski definition) is 10. The van der Waals surface area contributed by atoms with E-state index >= 15 is 0 Å². The minimum atomic E-state index is -1.23. The molecule has 0 aliphatic rings. The first-order valence-corrected chi connectivity index (χ1v) is 25.2. The standard InChI is InChI=1S/C22H26ClN3O6Si.C14H20FN3O3Si/c1-14-24-17-11-19(26(29)30)21(12-18(17)25(14)13-31-7-8-33(2,3)4)32-20-6-5-15(9-16(20)23)10-22(27)28;1-10-16-12-7-11(15)13(18(19)20)8-14(12)17(10)9-21-5-6-22(2,3)4/h5-6,9,11-12H,7-8,10,13H2,1-4H3,(H,27,28);7-8H,5-6,9H2,1-4H3. The number of nitro groups is 2. The highest BCUT2D eigenvalue weighted by Crippen LogP contribution is 2.38. The van der Waals surface area contributed by atoms with E-state index in [0.717, 1.165) is 18.2 Å². The number of hydrogen-bond donors (Lipinski definition) is 1. The number of nitrogens with zero attached hydrogens (tertiary/aromatic N) is 6. The van der Waals surface area contributed by atoms with Gasteiger partial charge in [0.2, 0.25) is 11.6 Å². The van der Waals surface area contributed by atoms with E-state index in [2.05, 4.69) is 49.3 Å². The summed E-state index contributed by atoms with van der Waals surface area (Å²) in [7, 11) is -2.39. The van der Waals surface area contributed by atoms with Gasteiger partial charge in [0.1, 0.15) is 30.9 Å². The first kappa shape index (κ1) is 43.0. The number of aliphatic carboxylic acids is 1. The number of rotatable bonds is 16. The Kier molecular flexibility index (Phi) is 13.9. The van der Waals surface area contributed by atoms with E-state index in [-0.39, 0.29) is 42.1 Å². The lowest BCUT2D eigenvalue weighted by molar-refractivity contribution is -0.387. The third-order valence-electron chi connectivity index (χ3n) is 8.43. The molecule has 1 N–H and O–H groups in total. The molecule has 2 aromatic heterocycles. The molecule has 2 heterocycles. The summed E-state index contributed by atoms with van der Waals surface area (Å²) in [6.07, 6.45) is -0.192. The van der Waals surface area contributed by atoms with E-state index in [9.17, 15) is 29.4 Å². The average molecular weight is 817 g/mol. The van der Waals surface area contributed by atoms with Gasteiger partial charge in [-0.1, -0.05) is 56.9 Å². The number of carboxylic acid groups (broad SMARTS) is 1. The van der Waals surface area contributed by atoms with Gasteiger partial charge in [0, 0.05) is 53.6 Å². The molecule has 5 rings (SSSR count). The van der Waals surface area contributed by atoms with Crippen LogP contribution in [0.15, 0.2) is 42.5 Å². The van der Waals surface area contributed by atoms with E-state index in [1.807, 2.05) is 11.5 Å². The minimum Gasteiger partial charge on any atom is -0.481 e. The Bertz CT molecular complexity index is 2220. The zero-order valence-corrected chi connectivity index (χ0v) is 34.9. The van der Waals surface area contributed by atoms with Crippen molar-refractivity contribution < 1.29 is 38.3 Å². The second-order valence-corrected chi connectivity index (χ2v) is 27.1. The Hall–Kier alpha value is -4.76. The van der Waals surface area contributed by atoms with Crippen molar-refractivity contribution in [2.75, 3.05) is 13.2 Å². The van der Waals surface area contributed by atoms with Gasteiger partial charge in [-0.15, -0.1) is 0 Å². The van der Waals surface area contributed by atoms with E-state index < -0.39 is 43.5 Å². The molecule has 0 unspecified atom stereocenters. The Labute approximate surface area is 324 Å². The van der Waals surface area contributed by atoms with Crippen molar-refractivity contribution in [1.82, 2.24) is 19.1 Å². The van der Waals surface area contributed by atoms with Gasteiger partial charge in [0.05, 0.1) is 43.4 Å². The van der Waals surface area contributed by atoms with Crippen LogP contribution in [-0.4, -0.2) is 69.4 Å². The molecule has 0 aliphatic carbocycles. The molecule has 5 aromatic rings. The van der Waals surface area contributed by atoms with E-state index in [0.29, 0.717) is 52.5 Å². The molecular weight excluding hydrogens is 771 g/mol. The zero-order valence-electron chi connectivity index (χ0n) is 32.1. The van der Waals surface area contributed by atoms with Crippen LogP contribution in [0.1, 0.15) is 17.2 Å². The number of carboxylic acids is 1. The fourth-order valence-electron chi connectivity index (χ4n) is 5.31. The molecule has 0 saturated carbocycles. The summed E-state index contributed by atoms with van der Waals surface area (Å²) >= 11 is 6.25. The molecule has 0 bridgehead atoms. The Morgan fingerprint density at radius 2 is 1.31 bits per heavy atom. The lowest BCUT2D eigenvalue weighted by atomic mass is 10.1. The summed E-state index contributed by atoms with van der Waals surface area (Å²) in [6, 6.07) is 11.8. The molecule has 0 fully saturated rings. The number of halogens is 2. The maximum absolute atomic E-state index is 13.6. The van der Waals surface area contributed by atoms with Crippen molar-refractivity contribution in [1.29, 1.82) is 0 Å². The lowest BCUT2D eigenvalue weighted by Gasteiger charge is -2.16. The maximum atomic E-state index is 13.6. The molecule has 0 saturated heterocycles. The number of ether oxygens (including phenoxy) is 3. The molecule has 0 aliphatic heterocycles. The summed E-state index contributed by atoms with van der Waals surface area (Å²) in [5.74, 6) is -0.368. The molecule has 0 amide bonds. The normalized spacial score (nSPS) is 11.8. The molecule has 296 valence electrons. The highest BCUT2D eigenvalue weighted by molar-refractivity contribution is 6.76. The predicted molar refractivity (Wildman–Crippen MR) is 213 cm³/mol. The number of carbonyl (C=O) groups is 1. The van der Waals surface area contributed by atoms with Gasteiger partial charge in [-0.2, -0.15) is 4.39 Å². The van der Waals surface area contributed by atoms with Gasteiger partial charge >= 0.3 is 17.3 Å². The molecule has 0 spiro atoms. The number of benzene rings is 3.